The number of allylic oxidation sites excluding steroid dienone is 2. The zero-order valence-electron chi connectivity index (χ0n) is 22.8. The highest BCUT2D eigenvalue weighted by Crippen LogP contribution is 2.38. The van der Waals surface area contributed by atoms with E-state index < -0.39 is 52.8 Å². The third-order valence-corrected chi connectivity index (χ3v) is 7.61. The molecule has 3 amide bonds. The number of imide groups is 1. The van der Waals surface area contributed by atoms with Gasteiger partial charge in [-0.2, -0.15) is 5.01 Å². The molecule has 3 aromatic carbocycles. The van der Waals surface area contributed by atoms with Crippen LogP contribution in [-0.4, -0.2) is 51.0 Å². The second-order valence-electron chi connectivity index (χ2n) is 10.2. The summed E-state index contributed by atoms with van der Waals surface area (Å²) in [5, 5.41) is 12.9. The Kier molecular flexibility index (Phi) is 8.18. The Labute approximate surface area is 250 Å². The van der Waals surface area contributed by atoms with Crippen LogP contribution in [0.15, 0.2) is 84.4 Å². The van der Waals surface area contributed by atoms with Gasteiger partial charge in [0.15, 0.2) is 5.78 Å². The van der Waals surface area contributed by atoms with Gasteiger partial charge < -0.3 is 4.74 Å². The number of amides is 3. The van der Waals surface area contributed by atoms with Crippen LogP contribution in [0.25, 0.3) is 0 Å². The van der Waals surface area contributed by atoms with Crippen LogP contribution in [0.2, 0.25) is 5.02 Å². The number of ketones is 1. The normalized spacial score (nSPS) is 17.6. The fourth-order valence-corrected chi connectivity index (χ4v) is 5.18. The number of rotatable bonds is 8. The fraction of sp³-hybridized carbons (Fsp3) is 0.194. The Morgan fingerprint density at radius 1 is 0.907 bits per heavy atom. The van der Waals surface area contributed by atoms with Crippen LogP contribution < -0.4 is 4.74 Å². The van der Waals surface area contributed by atoms with E-state index in [1.807, 2.05) is 13.0 Å². The van der Waals surface area contributed by atoms with Gasteiger partial charge in [-0.3, -0.25) is 29.3 Å². The smallest absolute Gasteiger partial charge is 0.343 e. The molecule has 0 unspecified atom stereocenters. The van der Waals surface area contributed by atoms with Crippen LogP contribution in [0.5, 0.6) is 5.75 Å². The Morgan fingerprint density at radius 3 is 2.12 bits per heavy atom. The van der Waals surface area contributed by atoms with E-state index in [2.05, 4.69) is 0 Å². The maximum absolute atomic E-state index is 13.6. The van der Waals surface area contributed by atoms with Crippen molar-refractivity contribution >= 4 is 46.8 Å². The molecule has 11 nitrogen and oxygen atoms in total. The zero-order chi connectivity index (χ0) is 30.8. The summed E-state index contributed by atoms with van der Waals surface area (Å²) < 4.78 is 5.30. The lowest BCUT2D eigenvalue weighted by Crippen LogP contribution is -2.52. The minimum absolute atomic E-state index is 0.0908. The molecular formula is C31H24ClN3O8. The van der Waals surface area contributed by atoms with Crippen molar-refractivity contribution in [2.75, 3.05) is 6.54 Å². The first kappa shape index (κ1) is 29.3. The van der Waals surface area contributed by atoms with Crippen molar-refractivity contribution in [2.24, 2.45) is 11.8 Å². The van der Waals surface area contributed by atoms with Crippen LogP contribution >= 0.6 is 11.6 Å². The number of hydrazine groups is 1. The van der Waals surface area contributed by atoms with Gasteiger partial charge in [0.25, 0.3) is 23.4 Å². The number of carbonyl (C=O) groups is 5. The van der Waals surface area contributed by atoms with Gasteiger partial charge in [-0.15, -0.1) is 0 Å². The minimum Gasteiger partial charge on any atom is -0.423 e. The van der Waals surface area contributed by atoms with Crippen molar-refractivity contribution in [2.45, 2.75) is 19.8 Å². The number of hydrogen-bond donors (Lipinski definition) is 0. The molecule has 2 aliphatic rings. The van der Waals surface area contributed by atoms with E-state index in [0.29, 0.717) is 17.9 Å². The quantitative estimate of drug-likeness (QED) is 0.0663. The molecule has 0 aromatic heterocycles. The number of halogens is 1. The van der Waals surface area contributed by atoms with E-state index in [1.165, 1.54) is 72.8 Å². The van der Waals surface area contributed by atoms with Gasteiger partial charge in [-0.25, -0.2) is 9.80 Å². The number of nitro groups is 1. The van der Waals surface area contributed by atoms with Gasteiger partial charge in [0.1, 0.15) is 12.3 Å². The highest BCUT2D eigenvalue weighted by Gasteiger charge is 2.51. The molecule has 1 aliphatic heterocycles. The number of fused-ring (bicyclic) bond motifs is 1. The van der Waals surface area contributed by atoms with E-state index in [1.54, 1.807) is 0 Å². The highest BCUT2D eigenvalue weighted by molar-refractivity contribution is 6.30. The van der Waals surface area contributed by atoms with Gasteiger partial charge >= 0.3 is 5.97 Å². The van der Waals surface area contributed by atoms with Crippen LogP contribution in [0.1, 0.15) is 50.8 Å². The summed E-state index contributed by atoms with van der Waals surface area (Å²) in [6, 6.07) is 16.3. The Morgan fingerprint density at radius 2 is 1.49 bits per heavy atom. The molecule has 0 N–H and O–H groups in total. The first-order chi connectivity index (χ1) is 20.5. The van der Waals surface area contributed by atoms with E-state index in [4.69, 9.17) is 16.3 Å². The summed E-state index contributed by atoms with van der Waals surface area (Å²) >= 11 is 5.97. The molecule has 43 heavy (non-hydrogen) atoms. The molecule has 0 bridgehead atoms. The topological polar surface area (TPSA) is 144 Å². The Hall–Kier alpha value is -5.16. The number of nitrogens with zero attached hydrogens (tertiary/aromatic N) is 3. The van der Waals surface area contributed by atoms with Crippen molar-refractivity contribution in [3.05, 3.63) is 116 Å². The van der Waals surface area contributed by atoms with Gasteiger partial charge in [-0.1, -0.05) is 23.3 Å². The van der Waals surface area contributed by atoms with Crippen LogP contribution in [0.4, 0.5) is 5.69 Å². The number of nitro benzene ring substituents is 1. The second-order valence-corrected chi connectivity index (χ2v) is 10.6. The summed E-state index contributed by atoms with van der Waals surface area (Å²) in [7, 11) is 0. The molecule has 1 heterocycles. The molecule has 0 saturated carbocycles. The molecule has 12 heteroatoms. The summed E-state index contributed by atoms with van der Waals surface area (Å²) in [5.74, 6) is -4.25. The van der Waals surface area contributed by atoms with Crippen molar-refractivity contribution in [3.63, 3.8) is 0 Å². The monoisotopic (exact) mass is 601 g/mol. The molecule has 3 aromatic rings. The first-order valence-electron chi connectivity index (χ1n) is 13.2. The second kappa shape index (κ2) is 12.0. The molecule has 1 fully saturated rings. The lowest BCUT2D eigenvalue weighted by molar-refractivity contribution is -0.384. The third kappa shape index (κ3) is 6.07. The molecule has 218 valence electrons. The Bertz CT molecular complexity index is 1670. The predicted octanol–water partition coefficient (Wildman–Crippen LogP) is 5.05. The number of esters is 1. The first-order valence-corrected chi connectivity index (χ1v) is 13.6. The summed E-state index contributed by atoms with van der Waals surface area (Å²) in [6.07, 6.45) is 2.67. The number of Topliss-reactive ketones (excluding diaryl/α,β-unsaturated/α-hetero) is 1. The lowest BCUT2D eigenvalue weighted by Gasteiger charge is -2.30. The van der Waals surface area contributed by atoms with E-state index in [9.17, 15) is 34.1 Å². The third-order valence-electron chi connectivity index (χ3n) is 7.36. The summed E-state index contributed by atoms with van der Waals surface area (Å²) in [5.41, 5.74) is 1.16. The van der Waals surface area contributed by atoms with Crippen LogP contribution in [0, 0.1) is 22.0 Å². The SMILES string of the molecule is CC1=CC[C@H]2C(=O)N(N(CC(=O)c3ccc(OC(=O)c4ccc([N+](=O)[O-])cc4)cc3)C(=O)c3ccc(Cl)cc3)C(=O)[C@@H]2C1. The standard InChI is InChI=1S/C31H24ClN3O8/c1-18-2-15-25-26(16-18)30(39)34(29(25)38)33(28(37)20-3-9-22(32)10-4-20)17-27(36)19-7-13-24(14-8-19)43-31(40)21-5-11-23(12-6-21)35(41)42/h2-14,25-26H,15-17H2,1H3/t25-,26-/m1/s1. The molecule has 1 aliphatic carbocycles. The zero-order valence-corrected chi connectivity index (χ0v) is 23.5. The summed E-state index contributed by atoms with van der Waals surface area (Å²) in [6.45, 7) is 1.27. The number of hydrogen-bond acceptors (Lipinski definition) is 8. The average molecular weight is 602 g/mol. The number of benzene rings is 3. The van der Waals surface area contributed by atoms with Gasteiger partial charge in [0.05, 0.1) is 22.3 Å². The average Bonchev–Trinajstić information content (AvgIpc) is 3.24. The van der Waals surface area contributed by atoms with E-state index >= 15 is 0 Å². The Balaban J connectivity index is 1.35. The number of ether oxygens (including phenoxy) is 1. The van der Waals surface area contributed by atoms with Crippen molar-refractivity contribution in [1.29, 1.82) is 0 Å². The van der Waals surface area contributed by atoms with Gasteiger partial charge in [0.2, 0.25) is 0 Å². The van der Waals surface area contributed by atoms with Crippen molar-refractivity contribution in [3.8, 4) is 5.75 Å². The minimum atomic E-state index is -0.758. The number of carbonyl (C=O) groups excluding carboxylic acids is 5. The number of non-ortho nitro benzene ring substituents is 1. The molecule has 5 rings (SSSR count). The van der Waals surface area contributed by atoms with Crippen LogP contribution in [-0.2, 0) is 9.59 Å². The molecule has 1 saturated heterocycles. The van der Waals surface area contributed by atoms with Gasteiger partial charge in [0, 0.05) is 28.3 Å². The van der Waals surface area contributed by atoms with Crippen molar-refractivity contribution in [1.82, 2.24) is 10.0 Å². The van der Waals surface area contributed by atoms with E-state index in [0.717, 1.165) is 15.6 Å². The molecule has 2 atom stereocenters. The fourth-order valence-electron chi connectivity index (χ4n) is 5.05. The predicted molar refractivity (Wildman–Crippen MR) is 153 cm³/mol. The molecular weight excluding hydrogens is 578 g/mol. The van der Waals surface area contributed by atoms with Gasteiger partial charge in [-0.05, 0) is 80.4 Å². The van der Waals surface area contributed by atoms with Crippen molar-refractivity contribution < 1.29 is 33.6 Å². The molecule has 0 spiro atoms. The maximum atomic E-state index is 13.6. The maximum Gasteiger partial charge on any atom is 0.343 e. The van der Waals surface area contributed by atoms with E-state index in [-0.39, 0.29) is 28.1 Å². The lowest BCUT2D eigenvalue weighted by atomic mass is 9.82. The highest BCUT2D eigenvalue weighted by atomic mass is 35.5. The van der Waals surface area contributed by atoms with Crippen LogP contribution in [0.3, 0.4) is 0 Å². The summed E-state index contributed by atoms with van der Waals surface area (Å²) in [4.78, 5) is 76.5. The largest absolute Gasteiger partial charge is 0.423 e. The molecule has 0 radical (unpaired) electrons.